The maximum atomic E-state index is 9.60. The highest BCUT2D eigenvalue weighted by Gasteiger charge is 2.19. The predicted molar refractivity (Wildman–Crippen MR) is 77.9 cm³/mol. The molecule has 1 saturated heterocycles. The normalized spacial score (nSPS) is 19.9. The van der Waals surface area contributed by atoms with E-state index in [0.717, 1.165) is 37.2 Å². The highest BCUT2D eigenvalue weighted by atomic mass is 79.9. The Kier molecular flexibility index (Phi) is 5.18. The zero-order chi connectivity index (χ0) is 13.0. The summed E-state index contributed by atoms with van der Waals surface area (Å²) in [7, 11) is 2.16. The van der Waals surface area contributed by atoms with E-state index in [1.54, 1.807) is 0 Å². The molecular weight excluding hydrogens is 292 g/mol. The van der Waals surface area contributed by atoms with Gasteiger partial charge >= 0.3 is 0 Å². The van der Waals surface area contributed by atoms with E-state index in [1.165, 1.54) is 5.56 Å². The summed E-state index contributed by atoms with van der Waals surface area (Å²) >= 11 is 3.49. The van der Waals surface area contributed by atoms with Crippen LogP contribution in [0.15, 0.2) is 28.7 Å². The summed E-state index contributed by atoms with van der Waals surface area (Å²) in [5, 5.41) is 9.60. The minimum atomic E-state index is 0.211. The van der Waals surface area contributed by atoms with Gasteiger partial charge in [-0.3, -0.25) is 0 Å². The van der Waals surface area contributed by atoms with E-state index in [1.807, 2.05) is 12.1 Å². The third kappa shape index (κ3) is 3.79. The van der Waals surface area contributed by atoms with Crippen LogP contribution in [0.4, 0.5) is 0 Å². The Morgan fingerprint density at radius 2 is 2.00 bits per heavy atom. The van der Waals surface area contributed by atoms with Gasteiger partial charge in [0, 0.05) is 43.1 Å². The van der Waals surface area contributed by atoms with Crippen molar-refractivity contribution in [1.82, 2.24) is 9.80 Å². The zero-order valence-corrected chi connectivity index (χ0v) is 12.4. The lowest BCUT2D eigenvalue weighted by atomic mass is 9.99. The van der Waals surface area contributed by atoms with Crippen LogP contribution >= 0.6 is 15.9 Å². The van der Waals surface area contributed by atoms with Crippen LogP contribution in [-0.2, 0) is 0 Å². The maximum Gasteiger partial charge on any atom is 0.0512 e. The summed E-state index contributed by atoms with van der Waals surface area (Å²) in [5.41, 5.74) is 1.21. The minimum absolute atomic E-state index is 0.211. The van der Waals surface area contributed by atoms with Gasteiger partial charge in [-0.15, -0.1) is 0 Å². The molecule has 0 saturated carbocycles. The number of likely N-dealkylation sites (N-methyl/N-ethyl adjacent to an activating group) is 1. The number of hydrogen-bond acceptors (Lipinski definition) is 3. The number of rotatable bonds is 4. The van der Waals surface area contributed by atoms with Crippen LogP contribution in [0.2, 0.25) is 0 Å². The van der Waals surface area contributed by atoms with Crippen molar-refractivity contribution in [2.75, 3.05) is 46.4 Å². The van der Waals surface area contributed by atoms with Gasteiger partial charge in [-0.25, -0.2) is 0 Å². The average molecular weight is 313 g/mol. The van der Waals surface area contributed by atoms with Crippen LogP contribution in [-0.4, -0.2) is 61.3 Å². The molecule has 1 heterocycles. The first-order valence-corrected chi connectivity index (χ1v) is 7.25. The Bertz CT molecular complexity index is 378. The van der Waals surface area contributed by atoms with Gasteiger partial charge in [-0.2, -0.15) is 0 Å². The smallest absolute Gasteiger partial charge is 0.0512 e. The highest BCUT2D eigenvalue weighted by Crippen LogP contribution is 2.21. The van der Waals surface area contributed by atoms with E-state index in [9.17, 15) is 5.11 Å². The molecule has 1 fully saturated rings. The van der Waals surface area contributed by atoms with Crippen LogP contribution in [0.3, 0.4) is 0 Å². The van der Waals surface area contributed by atoms with E-state index < -0.39 is 0 Å². The molecule has 0 amide bonds. The van der Waals surface area contributed by atoms with E-state index in [2.05, 4.69) is 44.9 Å². The second kappa shape index (κ2) is 6.66. The van der Waals surface area contributed by atoms with E-state index in [4.69, 9.17) is 0 Å². The largest absolute Gasteiger partial charge is 0.396 e. The van der Waals surface area contributed by atoms with Gasteiger partial charge in [0.05, 0.1) is 6.61 Å². The summed E-state index contributed by atoms with van der Waals surface area (Å²) in [6.07, 6.45) is 0. The first-order valence-electron chi connectivity index (χ1n) is 6.46. The number of nitrogens with zero attached hydrogens (tertiary/aromatic N) is 2. The Morgan fingerprint density at radius 3 is 2.61 bits per heavy atom. The number of halogens is 1. The number of aliphatic hydroxyl groups excluding tert-OH is 1. The zero-order valence-electron chi connectivity index (χ0n) is 10.8. The SMILES string of the molecule is CN1CCN(CC(CO)c2cccc(Br)c2)CC1. The quantitative estimate of drug-likeness (QED) is 0.918. The first-order chi connectivity index (χ1) is 8.69. The van der Waals surface area contributed by atoms with E-state index in [-0.39, 0.29) is 12.5 Å². The molecule has 18 heavy (non-hydrogen) atoms. The van der Waals surface area contributed by atoms with E-state index in [0.29, 0.717) is 0 Å². The Morgan fingerprint density at radius 1 is 1.28 bits per heavy atom. The molecule has 1 unspecified atom stereocenters. The number of hydrogen-bond donors (Lipinski definition) is 1. The number of piperazine rings is 1. The topological polar surface area (TPSA) is 26.7 Å². The molecule has 2 rings (SSSR count). The fraction of sp³-hybridized carbons (Fsp3) is 0.571. The monoisotopic (exact) mass is 312 g/mol. The molecule has 1 aromatic carbocycles. The molecule has 0 spiro atoms. The van der Waals surface area contributed by atoms with Crippen molar-refractivity contribution in [2.45, 2.75) is 5.92 Å². The number of benzene rings is 1. The molecule has 100 valence electrons. The third-order valence-corrected chi connectivity index (χ3v) is 4.11. The molecule has 1 N–H and O–H groups in total. The first kappa shape index (κ1) is 14.0. The number of aliphatic hydroxyl groups is 1. The van der Waals surface area contributed by atoms with Gasteiger partial charge in [0.25, 0.3) is 0 Å². The molecule has 1 aromatic rings. The fourth-order valence-corrected chi connectivity index (χ4v) is 2.79. The van der Waals surface area contributed by atoms with Gasteiger partial charge in [-0.05, 0) is 24.7 Å². The molecule has 3 nitrogen and oxygen atoms in total. The van der Waals surface area contributed by atoms with Gasteiger partial charge in [-0.1, -0.05) is 28.1 Å². The lowest BCUT2D eigenvalue weighted by molar-refractivity contribution is 0.133. The van der Waals surface area contributed by atoms with Crippen molar-refractivity contribution in [3.63, 3.8) is 0 Å². The third-order valence-electron chi connectivity index (χ3n) is 3.61. The van der Waals surface area contributed by atoms with Crippen molar-refractivity contribution < 1.29 is 5.11 Å². The maximum absolute atomic E-state index is 9.60. The van der Waals surface area contributed by atoms with Gasteiger partial charge in [0.2, 0.25) is 0 Å². The Labute approximate surface area is 118 Å². The lowest BCUT2D eigenvalue weighted by Gasteiger charge is -2.34. The lowest BCUT2D eigenvalue weighted by Crippen LogP contribution is -2.46. The predicted octanol–water partition coefficient (Wildman–Crippen LogP) is 1.77. The van der Waals surface area contributed by atoms with Crippen molar-refractivity contribution in [3.8, 4) is 0 Å². The van der Waals surface area contributed by atoms with Crippen LogP contribution in [0.5, 0.6) is 0 Å². The van der Waals surface area contributed by atoms with Crippen molar-refractivity contribution >= 4 is 15.9 Å². The van der Waals surface area contributed by atoms with Gasteiger partial charge in [0.1, 0.15) is 0 Å². The summed E-state index contributed by atoms with van der Waals surface area (Å²) < 4.78 is 1.08. The van der Waals surface area contributed by atoms with Gasteiger partial charge in [0.15, 0.2) is 0 Å². The van der Waals surface area contributed by atoms with Crippen molar-refractivity contribution in [3.05, 3.63) is 34.3 Å². The Hall–Kier alpha value is -0.420. The summed E-state index contributed by atoms with van der Waals surface area (Å²) in [6.45, 7) is 5.60. The molecule has 0 aliphatic carbocycles. The molecule has 1 aliphatic rings. The van der Waals surface area contributed by atoms with Crippen LogP contribution in [0.25, 0.3) is 0 Å². The minimum Gasteiger partial charge on any atom is -0.396 e. The van der Waals surface area contributed by atoms with Crippen molar-refractivity contribution in [1.29, 1.82) is 0 Å². The van der Waals surface area contributed by atoms with E-state index >= 15 is 0 Å². The molecule has 1 atom stereocenters. The van der Waals surface area contributed by atoms with Crippen LogP contribution in [0.1, 0.15) is 11.5 Å². The van der Waals surface area contributed by atoms with Crippen molar-refractivity contribution in [2.24, 2.45) is 0 Å². The summed E-state index contributed by atoms with van der Waals surface area (Å²) in [6, 6.07) is 8.26. The van der Waals surface area contributed by atoms with Gasteiger partial charge < -0.3 is 14.9 Å². The standard InChI is InChI=1S/C14H21BrN2O/c1-16-5-7-17(8-6-16)10-13(11-18)12-3-2-4-14(15)9-12/h2-4,9,13,18H,5-8,10-11H2,1H3. The second-order valence-corrected chi connectivity index (χ2v) is 5.95. The molecular formula is C14H21BrN2O. The highest BCUT2D eigenvalue weighted by molar-refractivity contribution is 9.10. The summed E-state index contributed by atoms with van der Waals surface area (Å²) in [5.74, 6) is 0.214. The second-order valence-electron chi connectivity index (χ2n) is 5.04. The fourth-order valence-electron chi connectivity index (χ4n) is 2.37. The average Bonchev–Trinajstić information content (AvgIpc) is 2.38. The summed E-state index contributed by atoms with van der Waals surface area (Å²) in [4.78, 5) is 4.80. The molecule has 0 bridgehead atoms. The molecule has 0 radical (unpaired) electrons. The van der Waals surface area contributed by atoms with Crippen LogP contribution < -0.4 is 0 Å². The van der Waals surface area contributed by atoms with Crippen LogP contribution in [0, 0.1) is 0 Å². The Balaban J connectivity index is 1.97. The molecule has 1 aliphatic heterocycles. The molecule has 4 heteroatoms. The molecule has 0 aromatic heterocycles.